The van der Waals surface area contributed by atoms with Crippen LogP contribution in [0, 0.1) is 11.3 Å². The SMILES string of the molecule is CC(CC#N)OC(=O)c1ccc(N2CCN(C(C)C)CC2)cc1. The van der Waals surface area contributed by atoms with Gasteiger partial charge in [-0.1, -0.05) is 0 Å². The Morgan fingerprint density at radius 2 is 1.78 bits per heavy atom. The van der Waals surface area contributed by atoms with Crippen molar-refractivity contribution in [3.63, 3.8) is 0 Å². The van der Waals surface area contributed by atoms with Gasteiger partial charge in [0.25, 0.3) is 0 Å². The van der Waals surface area contributed by atoms with Crippen molar-refractivity contribution in [2.24, 2.45) is 0 Å². The van der Waals surface area contributed by atoms with Crippen LogP contribution in [0.25, 0.3) is 0 Å². The Bertz CT molecular complexity index is 555. The summed E-state index contributed by atoms with van der Waals surface area (Å²) >= 11 is 0. The Labute approximate surface area is 138 Å². The quantitative estimate of drug-likeness (QED) is 0.782. The van der Waals surface area contributed by atoms with Crippen molar-refractivity contribution in [3.8, 4) is 6.07 Å². The molecule has 0 radical (unpaired) electrons. The smallest absolute Gasteiger partial charge is 0.338 e. The molecule has 0 spiro atoms. The van der Waals surface area contributed by atoms with Crippen molar-refractivity contribution < 1.29 is 9.53 Å². The number of anilines is 1. The molecule has 0 saturated carbocycles. The molecule has 5 heteroatoms. The Hall–Kier alpha value is -2.06. The number of piperazine rings is 1. The predicted molar refractivity (Wildman–Crippen MR) is 90.5 cm³/mol. The molecule has 1 aromatic carbocycles. The van der Waals surface area contributed by atoms with Crippen molar-refractivity contribution in [2.75, 3.05) is 31.1 Å². The van der Waals surface area contributed by atoms with Crippen LogP contribution in [-0.4, -0.2) is 49.2 Å². The second kappa shape index (κ2) is 7.98. The number of esters is 1. The summed E-state index contributed by atoms with van der Waals surface area (Å²) in [4.78, 5) is 16.8. The van der Waals surface area contributed by atoms with E-state index in [-0.39, 0.29) is 18.5 Å². The molecule has 1 aliphatic heterocycles. The van der Waals surface area contributed by atoms with Crippen molar-refractivity contribution in [2.45, 2.75) is 39.3 Å². The highest BCUT2D eigenvalue weighted by molar-refractivity contribution is 5.90. The van der Waals surface area contributed by atoms with E-state index >= 15 is 0 Å². The van der Waals surface area contributed by atoms with Gasteiger partial charge in [-0.05, 0) is 45.0 Å². The van der Waals surface area contributed by atoms with Gasteiger partial charge >= 0.3 is 5.97 Å². The highest BCUT2D eigenvalue weighted by Gasteiger charge is 2.19. The van der Waals surface area contributed by atoms with E-state index in [1.807, 2.05) is 18.2 Å². The lowest BCUT2D eigenvalue weighted by atomic mass is 10.1. The molecule has 0 aliphatic carbocycles. The van der Waals surface area contributed by atoms with Crippen LogP contribution in [0.4, 0.5) is 5.69 Å². The average Bonchev–Trinajstić information content (AvgIpc) is 2.55. The van der Waals surface area contributed by atoms with Crippen LogP contribution in [-0.2, 0) is 4.74 Å². The van der Waals surface area contributed by atoms with Crippen LogP contribution in [0.15, 0.2) is 24.3 Å². The summed E-state index contributed by atoms with van der Waals surface area (Å²) in [6, 6.07) is 10.1. The lowest BCUT2D eigenvalue weighted by Crippen LogP contribution is -2.48. The second-order valence-electron chi connectivity index (χ2n) is 6.24. The van der Waals surface area contributed by atoms with Crippen molar-refractivity contribution in [1.82, 2.24) is 4.90 Å². The van der Waals surface area contributed by atoms with Gasteiger partial charge in [0, 0.05) is 37.9 Å². The number of nitriles is 1. The minimum absolute atomic E-state index is 0.212. The van der Waals surface area contributed by atoms with Crippen molar-refractivity contribution in [3.05, 3.63) is 29.8 Å². The maximum Gasteiger partial charge on any atom is 0.338 e. The van der Waals surface area contributed by atoms with Crippen molar-refractivity contribution in [1.29, 1.82) is 5.26 Å². The molecule has 5 nitrogen and oxygen atoms in total. The van der Waals surface area contributed by atoms with Gasteiger partial charge in [-0.15, -0.1) is 0 Å². The van der Waals surface area contributed by atoms with E-state index in [4.69, 9.17) is 10.00 Å². The number of rotatable bonds is 5. The maximum atomic E-state index is 12.0. The van der Waals surface area contributed by atoms with E-state index in [1.165, 1.54) is 0 Å². The molecule has 1 aromatic rings. The molecular weight excluding hydrogens is 290 g/mol. The van der Waals surface area contributed by atoms with E-state index < -0.39 is 0 Å². The predicted octanol–water partition coefficient (Wildman–Crippen LogP) is 2.68. The number of nitrogens with zero attached hydrogens (tertiary/aromatic N) is 3. The summed E-state index contributed by atoms with van der Waals surface area (Å²) < 4.78 is 5.22. The first-order chi connectivity index (χ1) is 11.0. The number of benzene rings is 1. The highest BCUT2D eigenvalue weighted by Crippen LogP contribution is 2.19. The third-order valence-corrected chi connectivity index (χ3v) is 4.20. The maximum absolute atomic E-state index is 12.0. The van der Waals surface area contributed by atoms with Gasteiger partial charge in [0.2, 0.25) is 0 Å². The third-order valence-electron chi connectivity index (χ3n) is 4.20. The zero-order chi connectivity index (χ0) is 16.8. The van der Waals surface area contributed by atoms with Gasteiger partial charge in [-0.25, -0.2) is 4.79 Å². The van der Waals surface area contributed by atoms with Crippen LogP contribution in [0.5, 0.6) is 0 Å². The molecule has 23 heavy (non-hydrogen) atoms. The summed E-state index contributed by atoms with van der Waals surface area (Å²) in [5, 5.41) is 8.60. The van der Waals surface area contributed by atoms with Gasteiger partial charge in [0.1, 0.15) is 6.10 Å². The topological polar surface area (TPSA) is 56.6 Å². The number of hydrogen-bond donors (Lipinski definition) is 0. The second-order valence-corrected chi connectivity index (χ2v) is 6.24. The van der Waals surface area contributed by atoms with Crippen LogP contribution >= 0.6 is 0 Å². The molecule has 0 N–H and O–H groups in total. The molecule has 0 bridgehead atoms. The monoisotopic (exact) mass is 315 g/mol. The van der Waals surface area contributed by atoms with Gasteiger partial charge in [-0.3, -0.25) is 4.90 Å². The molecule has 2 rings (SSSR count). The zero-order valence-corrected chi connectivity index (χ0v) is 14.2. The lowest BCUT2D eigenvalue weighted by molar-refractivity contribution is 0.0351. The number of hydrogen-bond acceptors (Lipinski definition) is 5. The zero-order valence-electron chi connectivity index (χ0n) is 14.2. The molecule has 1 atom stereocenters. The molecular formula is C18H25N3O2. The summed E-state index contributed by atoms with van der Waals surface area (Å²) in [5.74, 6) is -0.371. The highest BCUT2D eigenvalue weighted by atomic mass is 16.5. The van der Waals surface area contributed by atoms with E-state index in [9.17, 15) is 4.79 Å². The fraction of sp³-hybridized carbons (Fsp3) is 0.556. The van der Waals surface area contributed by atoms with Gasteiger partial charge in [0.15, 0.2) is 0 Å². The van der Waals surface area contributed by atoms with Crippen LogP contribution < -0.4 is 4.90 Å². The van der Waals surface area contributed by atoms with E-state index in [0.717, 1.165) is 31.9 Å². The molecule has 1 heterocycles. The summed E-state index contributed by atoms with van der Waals surface area (Å²) in [7, 11) is 0. The Kier molecular flexibility index (Phi) is 6.00. The van der Waals surface area contributed by atoms with E-state index in [2.05, 4.69) is 23.6 Å². The third kappa shape index (κ3) is 4.70. The first-order valence-corrected chi connectivity index (χ1v) is 8.18. The number of carbonyl (C=O) groups is 1. The molecule has 1 unspecified atom stereocenters. The Balaban J connectivity index is 1.92. The van der Waals surface area contributed by atoms with Crippen LogP contribution in [0.1, 0.15) is 37.6 Å². The van der Waals surface area contributed by atoms with Crippen molar-refractivity contribution >= 4 is 11.7 Å². The molecule has 0 amide bonds. The van der Waals surface area contributed by atoms with Crippen LogP contribution in [0.2, 0.25) is 0 Å². The van der Waals surface area contributed by atoms with Gasteiger partial charge in [0.05, 0.1) is 18.1 Å². The average molecular weight is 315 g/mol. The normalized spacial score (nSPS) is 16.9. The minimum Gasteiger partial charge on any atom is -0.458 e. The fourth-order valence-corrected chi connectivity index (χ4v) is 2.73. The Morgan fingerprint density at radius 1 is 1.17 bits per heavy atom. The first kappa shape index (κ1) is 17.3. The summed E-state index contributed by atoms with van der Waals surface area (Å²) in [6.07, 6.45) is -0.166. The first-order valence-electron chi connectivity index (χ1n) is 8.18. The summed E-state index contributed by atoms with van der Waals surface area (Å²) in [5.41, 5.74) is 1.66. The van der Waals surface area contributed by atoms with Gasteiger partial charge < -0.3 is 9.64 Å². The van der Waals surface area contributed by atoms with E-state index in [0.29, 0.717) is 11.6 Å². The lowest BCUT2D eigenvalue weighted by Gasteiger charge is -2.38. The minimum atomic E-state index is -0.378. The Morgan fingerprint density at radius 3 is 2.30 bits per heavy atom. The summed E-state index contributed by atoms with van der Waals surface area (Å²) in [6.45, 7) is 10.3. The molecule has 0 aromatic heterocycles. The van der Waals surface area contributed by atoms with E-state index in [1.54, 1.807) is 19.1 Å². The van der Waals surface area contributed by atoms with Gasteiger partial charge in [-0.2, -0.15) is 5.26 Å². The standard InChI is InChI=1S/C18H25N3O2/c1-14(2)20-10-12-21(13-11-20)17-6-4-16(5-7-17)18(22)23-15(3)8-9-19/h4-7,14-15H,8,10-13H2,1-3H3. The number of ether oxygens (including phenoxy) is 1. The molecule has 1 saturated heterocycles. The number of carbonyl (C=O) groups excluding carboxylic acids is 1. The largest absolute Gasteiger partial charge is 0.458 e. The molecule has 1 fully saturated rings. The molecule has 1 aliphatic rings. The molecule has 124 valence electrons. The van der Waals surface area contributed by atoms with Crippen LogP contribution in [0.3, 0.4) is 0 Å². The fourth-order valence-electron chi connectivity index (χ4n) is 2.73.